The number of carboxylic acids is 4. The lowest BCUT2D eigenvalue weighted by Crippen LogP contribution is -2.63. The van der Waals surface area contributed by atoms with Gasteiger partial charge in [0.05, 0.1) is 25.0 Å². The summed E-state index contributed by atoms with van der Waals surface area (Å²) in [6, 6.07) is -13.9. The number of aliphatic hydroxyl groups excluding tert-OH is 1. The van der Waals surface area contributed by atoms with Crippen LogP contribution in [0.2, 0.25) is 0 Å². The van der Waals surface area contributed by atoms with E-state index in [4.69, 9.17) is 10.8 Å². The van der Waals surface area contributed by atoms with Gasteiger partial charge < -0.3 is 73.8 Å². The van der Waals surface area contributed by atoms with E-state index in [1.165, 1.54) is 20.8 Å². The number of nitrogens with one attached hydrogen (secondary N) is 8. The van der Waals surface area contributed by atoms with Gasteiger partial charge in [-0.25, -0.2) is 4.79 Å². The standard InChI is InChI=1S/C41H69N9O17/c1-16(2)13-25(41(66)67)46-33(58)20(9)43-37(62)29(17(3)4)47-38(63)30(18(5)6)48-39(64)31(19(7)8)49-40(65)32(21(10)51)50-36(61)24(15-28(56)57)45-35(60)23(14-27(54)55)44-34(59)22(42)11-12-26(52)53/h16-25,29-32,51H,11-15,42H2,1-10H3,(H,43,62)(H,44,59)(H,45,60)(H,46,58)(H,47,63)(H,48,64)(H,49,65)(H,50,61)(H,52,53)(H,54,55)(H,56,57)(H,66,67)/t20-,21+,22-,23-,24-,25-,29-,30-,31-,32-/m0/s1. The molecule has 0 aliphatic carbocycles. The zero-order valence-electron chi connectivity index (χ0n) is 39.3. The normalized spacial score (nSPS) is 15.8. The van der Waals surface area contributed by atoms with Crippen LogP contribution in [-0.4, -0.2) is 157 Å². The van der Waals surface area contributed by atoms with E-state index in [1.807, 2.05) is 10.6 Å². The van der Waals surface area contributed by atoms with E-state index >= 15 is 0 Å². The number of carbonyl (C=O) groups is 12. The van der Waals surface area contributed by atoms with Crippen LogP contribution in [0.3, 0.4) is 0 Å². The molecule has 0 unspecified atom stereocenters. The van der Waals surface area contributed by atoms with Crippen LogP contribution in [0.25, 0.3) is 0 Å². The third-order valence-electron chi connectivity index (χ3n) is 9.91. The zero-order valence-corrected chi connectivity index (χ0v) is 39.3. The molecule has 0 bridgehead atoms. The molecule has 0 aliphatic rings. The minimum atomic E-state index is -2.06. The molecule has 0 saturated heterocycles. The van der Waals surface area contributed by atoms with Gasteiger partial charge in [0, 0.05) is 6.42 Å². The highest BCUT2D eigenvalue weighted by Crippen LogP contribution is 2.12. The van der Waals surface area contributed by atoms with Crippen molar-refractivity contribution in [2.75, 3.05) is 0 Å². The minimum Gasteiger partial charge on any atom is -0.481 e. The van der Waals surface area contributed by atoms with E-state index in [1.54, 1.807) is 41.5 Å². The molecule has 0 saturated carbocycles. The van der Waals surface area contributed by atoms with Crippen molar-refractivity contribution < 1.29 is 83.1 Å². The molecule has 0 aliphatic heterocycles. The third kappa shape index (κ3) is 22.1. The molecule has 380 valence electrons. The third-order valence-corrected chi connectivity index (χ3v) is 9.91. The van der Waals surface area contributed by atoms with Gasteiger partial charge in [-0.2, -0.15) is 0 Å². The van der Waals surface area contributed by atoms with E-state index < -0.39 is 175 Å². The molecule has 0 aromatic carbocycles. The quantitative estimate of drug-likeness (QED) is 0.0332. The molecular weight excluding hydrogens is 890 g/mol. The first-order chi connectivity index (χ1) is 30.8. The summed E-state index contributed by atoms with van der Waals surface area (Å²) in [5.74, 6) is -16.3. The van der Waals surface area contributed by atoms with Crippen LogP contribution >= 0.6 is 0 Å². The van der Waals surface area contributed by atoms with Gasteiger partial charge in [0.25, 0.3) is 0 Å². The maximum absolute atomic E-state index is 13.8. The van der Waals surface area contributed by atoms with Gasteiger partial charge >= 0.3 is 23.9 Å². The molecule has 67 heavy (non-hydrogen) atoms. The second kappa shape index (κ2) is 28.6. The molecule has 0 fully saturated rings. The van der Waals surface area contributed by atoms with Crippen molar-refractivity contribution in [1.82, 2.24) is 42.5 Å². The maximum Gasteiger partial charge on any atom is 0.326 e. The summed E-state index contributed by atoms with van der Waals surface area (Å²) in [6.07, 6.45) is -4.81. The zero-order chi connectivity index (χ0) is 52.2. The summed E-state index contributed by atoms with van der Waals surface area (Å²) in [5.41, 5.74) is 5.64. The summed E-state index contributed by atoms with van der Waals surface area (Å²) in [6.45, 7) is 15.3. The molecule has 0 rings (SSSR count). The Morgan fingerprint density at radius 2 is 0.761 bits per heavy atom. The van der Waals surface area contributed by atoms with Gasteiger partial charge in [0.1, 0.15) is 48.3 Å². The highest BCUT2D eigenvalue weighted by molar-refractivity contribution is 5.99. The van der Waals surface area contributed by atoms with E-state index in [0.717, 1.165) is 6.92 Å². The van der Waals surface area contributed by atoms with Crippen LogP contribution < -0.4 is 48.3 Å². The molecule has 8 amide bonds. The van der Waals surface area contributed by atoms with Crippen LogP contribution in [0.5, 0.6) is 0 Å². The van der Waals surface area contributed by atoms with E-state index in [-0.39, 0.29) is 12.3 Å². The van der Waals surface area contributed by atoms with Crippen molar-refractivity contribution in [3.63, 3.8) is 0 Å². The topological polar surface area (TPSA) is 428 Å². The smallest absolute Gasteiger partial charge is 0.326 e. The Hall–Kier alpha value is -6.44. The van der Waals surface area contributed by atoms with Crippen LogP contribution in [-0.2, 0) is 57.5 Å². The predicted molar refractivity (Wildman–Crippen MR) is 234 cm³/mol. The fourth-order valence-corrected chi connectivity index (χ4v) is 6.08. The second-order valence-corrected chi connectivity index (χ2v) is 17.5. The van der Waals surface area contributed by atoms with Gasteiger partial charge in [-0.1, -0.05) is 55.4 Å². The summed E-state index contributed by atoms with van der Waals surface area (Å²) in [5, 5.41) is 66.2. The van der Waals surface area contributed by atoms with Crippen molar-refractivity contribution in [1.29, 1.82) is 0 Å². The molecule has 0 aromatic rings. The van der Waals surface area contributed by atoms with Crippen molar-refractivity contribution in [2.45, 2.75) is 162 Å². The van der Waals surface area contributed by atoms with Crippen LogP contribution in [0.15, 0.2) is 0 Å². The van der Waals surface area contributed by atoms with Crippen molar-refractivity contribution >= 4 is 71.1 Å². The molecule has 0 aromatic heterocycles. The van der Waals surface area contributed by atoms with Crippen molar-refractivity contribution in [2.24, 2.45) is 29.4 Å². The Labute approximate surface area is 387 Å². The molecule has 0 spiro atoms. The summed E-state index contributed by atoms with van der Waals surface area (Å²) >= 11 is 0. The molecule has 0 heterocycles. The molecule has 26 nitrogen and oxygen atoms in total. The number of rotatable bonds is 30. The summed E-state index contributed by atoms with van der Waals surface area (Å²) in [4.78, 5) is 152. The average molecular weight is 960 g/mol. The Balaban J connectivity index is 6.22. The molecule has 10 atom stereocenters. The highest BCUT2D eigenvalue weighted by Gasteiger charge is 2.38. The van der Waals surface area contributed by atoms with Crippen molar-refractivity contribution in [3.8, 4) is 0 Å². The maximum atomic E-state index is 13.8. The van der Waals surface area contributed by atoms with Crippen molar-refractivity contribution in [3.05, 3.63) is 0 Å². The van der Waals surface area contributed by atoms with Gasteiger partial charge in [0.15, 0.2) is 0 Å². The SMILES string of the molecule is CC(C)C[C@H](NC(=O)[C@H](C)NC(=O)[C@@H](NC(=O)[C@@H](NC(=O)[C@@H](NC(=O)[C@@H](NC(=O)[C@H](CC(=O)O)NC(=O)[C@H](CC(=O)O)NC(=O)[C@@H](N)CCC(=O)O)[C@@H](C)O)C(C)C)C(C)C)C(C)C)C(=O)O. The number of hydrogen-bond donors (Lipinski definition) is 14. The Morgan fingerprint density at radius 3 is 1.10 bits per heavy atom. The lowest BCUT2D eigenvalue weighted by atomic mass is 9.97. The summed E-state index contributed by atoms with van der Waals surface area (Å²) < 4.78 is 0. The average Bonchev–Trinajstić information content (AvgIpc) is 3.19. The van der Waals surface area contributed by atoms with E-state index in [0.29, 0.717) is 0 Å². The van der Waals surface area contributed by atoms with Gasteiger partial charge in [-0.05, 0) is 50.4 Å². The fraction of sp³-hybridized carbons (Fsp3) is 0.707. The second-order valence-electron chi connectivity index (χ2n) is 17.5. The van der Waals surface area contributed by atoms with Gasteiger partial charge in [0.2, 0.25) is 47.3 Å². The first-order valence-corrected chi connectivity index (χ1v) is 21.6. The van der Waals surface area contributed by atoms with Crippen LogP contribution in [0, 0.1) is 23.7 Å². The molecule has 26 heteroatoms. The Kier molecular flexibility index (Phi) is 25.8. The van der Waals surface area contributed by atoms with E-state index in [9.17, 15) is 78.0 Å². The van der Waals surface area contributed by atoms with Crippen LogP contribution in [0.4, 0.5) is 0 Å². The monoisotopic (exact) mass is 959 g/mol. The largest absolute Gasteiger partial charge is 0.481 e. The van der Waals surface area contributed by atoms with Crippen LogP contribution in [0.1, 0.15) is 101 Å². The van der Waals surface area contributed by atoms with E-state index in [2.05, 4.69) is 31.9 Å². The number of aliphatic carboxylic acids is 4. The highest BCUT2D eigenvalue weighted by atomic mass is 16.4. The number of aliphatic hydroxyl groups is 1. The predicted octanol–water partition coefficient (Wildman–Crippen LogP) is -3.49. The summed E-state index contributed by atoms with van der Waals surface area (Å²) in [7, 11) is 0. The number of carbonyl (C=O) groups excluding carboxylic acids is 8. The number of amides is 8. The fourth-order valence-electron chi connectivity index (χ4n) is 6.08. The molecule has 0 radical (unpaired) electrons. The first kappa shape index (κ1) is 60.6. The Bertz CT molecular complexity index is 1810. The van der Waals surface area contributed by atoms with Gasteiger partial charge in [-0.3, -0.25) is 52.7 Å². The lowest BCUT2D eigenvalue weighted by Gasteiger charge is -2.31. The number of nitrogens with two attached hydrogens (primary N) is 1. The lowest BCUT2D eigenvalue weighted by molar-refractivity contribution is -0.144. The first-order valence-electron chi connectivity index (χ1n) is 21.6. The number of hydrogen-bond acceptors (Lipinski definition) is 14. The Morgan fingerprint density at radius 1 is 0.418 bits per heavy atom. The molecular formula is C41H69N9O17. The molecule has 15 N–H and O–H groups in total. The number of carboxylic acid groups (broad SMARTS) is 4. The van der Waals surface area contributed by atoms with Gasteiger partial charge in [-0.15, -0.1) is 0 Å². The minimum absolute atomic E-state index is 0.0673.